The highest BCUT2D eigenvalue weighted by Gasteiger charge is 2.29. The number of ether oxygens (including phenoxy) is 1. The van der Waals surface area contributed by atoms with Crippen molar-refractivity contribution in [1.82, 2.24) is 5.32 Å². The molecule has 1 aliphatic heterocycles. The lowest BCUT2D eigenvalue weighted by Crippen LogP contribution is -2.38. The largest absolute Gasteiger partial charge is 0.493 e. The van der Waals surface area contributed by atoms with Gasteiger partial charge in [0.15, 0.2) is 0 Å². The molecule has 20 heavy (non-hydrogen) atoms. The second-order valence-electron chi connectivity index (χ2n) is 7.35. The zero-order valence-corrected chi connectivity index (χ0v) is 14.0. The van der Waals surface area contributed by atoms with Crippen molar-refractivity contribution in [2.45, 2.75) is 58.4 Å². The minimum atomic E-state index is 0.0531. The fourth-order valence-corrected chi connectivity index (χ4v) is 2.90. The van der Waals surface area contributed by atoms with Gasteiger partial charge in [-0.1, -0.05) is 25.4 Å². The second kappa shape index (κ2) is 5.57. The van der Waals surface area contributed by atoms with Crippen LogP contribution in [0.2, 0.25) is 5.02 Å². The fraction of sp³-hybridized carbons (Fsp3) is 0.647. The van der Waals surface area contributed by atoms with E-state index in [-0.39, 0.29) is 11.0 Å². The summed E-state index contributed by atoms with van der Waals surface area (Å²) in [5, 5.41) is 4.38. The van der Waals surface area contributed by atoms with Gasteiger partial charge in [0.05, 0.1) is 6.61 Å². The highest BCUT2D eigenvalue weighted by molar-refractivity contribution is 6.30. The van der Waals surface area contributed by atoms with Crippen molar-refractivity contribution >= 4 is 11.6 Å². The van der Waals surface area contributed by atoms with Crippen LogP contribution in [0.5, 0.6) is 5.75 Å². The summed E-state index contributed by atoms with van der Waals surface area (Å²) in [6, 6.07) is 4.11. The maximum absolute atomic E-state index is 6.27. The fourth-order valence-electron chi connectivity index (χ4n) is 2.66. The van der Waals surface area contributed by atoms with Crippen LogP contribution in [0.3, 0.4) is 0 Å². The number of fused-ring (bicyclic) bond motifs is 1. The van der Waals surface area contributed by atoms with E-state index in [4.69, 9.17) is 16.3 Å². The Morgan fingerprint density at radius 3 is 2.55 bits per heavy atom. The Morgan fingerprint density at radius 2 is 1.90 bits per heavy atom. The predicted molar refractivity (Wildman–Crippen MR) is 86.0 cm³/mol. The number of halogens is 1. The van der Waals surface area contributed by atoms with Gasteiger partial charge in [-0.05, 0) is 56.8 Å². The smallest absolute Gasteiger partial charge is 0.126 e. The van der Waals surface area contributed by atoms with Crippen molar-refractivity contribution in [2.24, 2.45) is 0 Å². The Morgan fingerprint density at radius 1 is 1.20 bits per heavy atom. The van der Waals surface area contributed by atoms with Crippen LogP contribution in [0, 0.1) is 0 Å². The molecule has 0 amide bonds. The molecule has 1 aliphatic rings. The highest BCUT2D eigenvalue weighted by atomic mass is 35.5. The Labute approximate surface area is 127 Å². The molecular formula is C17H26ClNO. The topological polar surface area (TPSA) is 21.3 Å². The summed E-state index contributed by atoms with van der Waals surface area (Å²) >= 11 is 6.27. The van der Waals surface area contributed by atoms with E-state index in [0.29, 0.717) is 0 Å². The number of hydrogen-bond donors (Lipinski definition) is 1. The lowest BCUT2D eigenvalue weighted by molar-refractivity contribution is 0.335. The average molecular weight is 296 g/mol. The minimum absolute atomic E-state index is 0.0531. The molecule has 0 atom stereocenters. The van der Waals surface area contributed by atoms with Crippen LogP contribution in [-0.4, -0.2) is 18.7 Å². The molecule has 0 bridgehead atoms. The van der Waals surface area contributed by atoms with Crippen LogP contribution in [-0.2, 0) is 11.8 Å². The Bertz CT molecular complexity index is 488. The van der Waals surface area contributed by atoms with Gasteiger partial charge in [0, 0.05) is 22.5 Å². The van der Waals surface area contributed by atoms with E-state index in [2.05, 4.69) is 46.0 Å². The van der Waals surface area contributed by atoms with Gasteiger partial charge in [-0.3, -0.25) is 0 Å². The third kappa shape index (κ3) is 3.67. The van der Waals surface area contributed by atoms with Crippen LogP contribution in [0.15, 0.2) is 12.1 Å². The second-order valence-corrected chi connectivity index (χ2v) is 7.79. The van der Waals surface area contributed by atoms with Crippen LogP contribution >= 0.6 is 11.6 Å². The molecule has 1 N–H and O–H groups in total. The van der Waals surface area contributed by atoms with E-state index in [1.807, 2.05) is 6.07 Å². The Hall–Kier alpha value is -0.730. The molecule has 0 fully saturated rings. The van der Waals surface area contributed by atoms with Gasteiger partial charge in [-0.25, -0.2) is 0 Å². The molecule has 112 valence electrons. The van der Waals surface area contributed by atoms with Crippen molar-refractivity contribution < 1.29 is 4.74 Å². The molecule has 3 heteroatoms. The van der Waals surface area contributed by atoms with Crippen LogP contribution in [0.4, 0.5) is 0 Å². The van der Waals surface area contributed by atoms with Crippen LogP contribution in [0.25, 0.3) is 0 Å². The Kier molecular flexibility index (Phi) is 4.36. The maximum atomic E-state index is 6.27. The van der Waals surface area contributed by atoms with Gasteiger partial charge < -0.3 is 10.1 Å². The van der Waals surface area contributed by atoms with E-state index in [1.54, 1.807) is 0 Å². The Balaban J connectivity index is 2.17. The number of benzene rings is 1. The van der Waals surface area contributed by atoms with Gasteiger partial charge in [-0.15, -0.1) is 0 Å². The molecule has 0 radical (unpaired) electrons. The summed E-state index contributed by atoms with van der Waals surface area (Å²) in [6.45, 7) is 12.9. The lowest BCUT2D eigenvalue weighted by Gasteiger charge is -2.30. The summed E-state index contributed by atoms with van der Waals surface area (Å²) in [5.74, 6) is 1.06. The average Bonchev–Trinajstić information content (AvgIpc) is 2.73. The molecule has 0 saturated heterocycles. The monoisotopic (exact) mass is 295 g/mol. The summed E-state index contributed by atoms with van der Waals surface area (Å²) < 4.78 is 5.84. The highest BCUT2D eigenvalue weighted by Crippen LogP contribution is 2.41. The SMILES string of the molecule is CC(C)(C)NCCC(C)(C)c1cc(Cl)cc2c1OCC2. The third-order valence-electron chi connectivity index (χ3n) is 3.88. The standard InChI is InChI=1S/C17H26ClNO/c1-16(2,3)19-8-7-17(4,5)14-11-13(18)10-12-6-9-20-15(12)14/h10-11,19H,6-9H2,1-5H3. The van der Waals surface area contributed by atoms with E-state index < -0.39 is 0 Å². The molecule has 0 aromatic heterocycles. The number of rotatable bonds is 4. The zero-order valence-electron chi connectivity index (χ0n) is 13.3. The molecule has 2 nitrogen and oxygen atoms in total. The van der Waals surface area contributed by atoms with Crippen molar-refractivity contribution in [1.29, 1.82) is 0 Å². The quantitative estimate of drug-likeness (QED) is 0.892. The van der Waals surface area contributed by atoms with E-state index >= 15 is 0 Å². The van der Waals surface area contributed by atoms with E-state index in [9.17, 15) is 0 Å². The molecule has 0 spiro atoms. The van der Waals surface area contributed by atoms with Gasteiger partial charge in [0.2, 0.25) is 0 Å². The van der Waals surface area contributed by atoms with Crippen molar-refractivity contribution in [2.75, 3.05) is 13.2 Å². The minimum Gasteiger partial charge on any atom is -0.493 e. The van der Waals surface area contributed by atoms with E-state index in [0.717, 1.165) is 36.8 Å². The molecule has 0 saturated carbocycles. The van der Waals surface area contributed by atoms with Gasteiger partial charge in [-0.2, -0.15) is 0 Å². The maximum Gasteiger partial charge on any atom is 0.126 e. The lowest BCUT2D eigenvalue weighted by atomic mass is 9.80. The van der Waals surface area contributed by atoms with Crippen LogP contribution < -0.4 is 10.1 Å². The first kappa shape index (κ1) is 15.7. The molecule has 1 aromatic carbocycles. The van der Waals surface area contributed by atoms with Crippen molar-refractivity contribution in [3.8, 4) is 5.75 Å². The van der Waals surface area contributed by atoms with Crippen LogP contribution in [0.1, 0.15) is 52.2 Å². The molecular weight excluding hydrogens is 270 g/mol. The first-order chi connectivity index (χ1) is 9.19. The van der Waals surface area contributed by atoms with Crippen molar-refractivity contribution in [3.63, 3.8) is 0 Å². The molecule has 1 aromatic rings. The van der Waals surface area contributed by atoms with Crippen molar-refractivity contribution in [3.05, 3.63) is 28.3 Å². The first-order valence-corrected chi connectivity index (χ1v) is 7.78. The predicted octanol–water partition coefficient (Wildman–Crippen LogP) is 4.33. The first-order valence-electron chi connectivity index (χ1n) is 7.40. The summed E-state index contributed by atoms with van der Waals surface area (Å²) in [5.41, 5.74) is 2.71. The summed E-state index contributed by atoms with van der Waals surface area (Å²) in [6.07, 6.45) is 2.03. The molecule has 0 unspecified atom stereocenters. The van der Waals surface area contributed by atoms with E-state index in [1.165, 1.54) is 11.1 Å². The summed E-state index contributed by atoms with van der Waals surface area (Å²) in [4.78, 5) is 0. The number of hydrogen-bond acceptors (Lipinski definition) is 2. The number of nitrogens with one attached hydrogen (secondary N) is 1. The van der Waals surface area contributed by atoms with Gasteiger partial charge in [0.1, 0.15) is 5.75 Å². The third-order valence-corrected chi connectivity index (χ3v) is 4.10. The summed E-state index contributed by atoms with van der Waals surface area (Å²) in [7, 11) is 0. The molecule has 0 aliphatic carbocycles. The molecule has 1 heterocycles. The van der Waals surface area contributed by atoms with Gasteiger partial charge in [0.25, 0.3) is 0 Å². The molecule has 2 rings (SSSR count). The normalized spacial score (nSPS) is 15.1. The van der Waals surface area contributed by atoms with Gasteiger partial charge >= 0.3 is 0 Å². The zero-order chi connectivity index (χ0) is 15.0.